The number of rotatable bonds is 8. The lowest BCUT2D eigenvalue weighted by Crippen LogP contribution is -2.39. The van der Waals surface area contributed by atoms with Gasteiger partial charge in [-0.3, -0.25) is 4.31 Å². The molecule has 1 aromatic carbocycles. The van der Waals surface area contributed by atoms with Crippen molar-refractivity contribution in [1.82, 2.24) is 0 Å². The van der Waals surface area contributed by atoms with Crippen molar-refractivity contribution in [3.63, 3.8) is 0 Å². The molecule has 0 atom stereocenters. The molecule has 0 spiro atoms. The van der Waals surface area contributed by atoms with Crippen molar-refractivity contribution in [2.45, 2.75) is 27.1 Å². The molecule has 5 nitrogen and oxygen atoms in total. The van der Waals surface area contributed by atoms with Crippen LogP contribution in [0.15, 0.2) is 24.3 Å². The third kappa shape index (κ3) is 5.11. The maximum Gasteiger partial charge on any atom is 0.232 e. The first-order valence-corrected chi connectivity index (χ1v) is 8.50. The molecule has 0 amide bonds. The molecule has 0 bridgehead atoms. The number of hydrogen-bond donors (Lipinski definition) is 0. The van der Waals surface area contributed by atoms with Crippen molar-refractivity contribution in [3.05, 3.63) is 29.8 Å². The van der Waals surface area contributed by atoms with E-state index in [1.165, 1.54) is 10.6 Å². The molecular weight excluding hydrogens is 278 g/mol. The summed E-state index contributed by atoms with van der Waals surface area (Å²) in [6, 6.07) is 7.35. The molecule has 0 aliphatic carbocycles. The minimum Gasteiger partial charge on any atom is -0.351 e. The van der Waals surface area contributed by atoms with Crippen molar-refractivity contribution >= 4 is 15.7 Å². The average Bonchev–Trinajstić information content (AvgIpc) is 2.35. The third-order valence-corrected chi connectivity index (χ3v) is 3.87. The lowest BCUT2D eigenvalue weighted by molar-refractivity contribution is -0.128. The monoisotopic (exact) mass is 301 g/mol. The lowest BCUT2D eigenvalue weighted by Gasteiger charge is -2.27. The third-order valence-electron chi connectivity index (χ3n) is 2.71. The predicted octanol–water partition coefficient (Wildman–Crippen LogP) is 2.16. The van der Waals surface area contributed by atoms with Gasteiger partial charge in [-0.2, -0.15) is 0 Å². The first-order chi connectivity index (χ1) is 9.38. The zero-order chi connectivity index (χ0) is 15.2. The van der Waals surface area contributed by atoms with Crippen LogP contribution < -0.4 is 4.31 Å². The van der Waals surface area contributed by atoms with Crippen molar-refractivity contribution < 1.29 is 17.9 Å². The van der Waals surface area contributed by atoms with E-state index in [1.807, 2.05) is 39.0 Å². The fourth-order valence-corrected chi connectivity index (χ4v) is 2.77. The van der Waals surface area contributed by atoms with Gasteiger partial charge in [-0.15, -0.1) is 0 Å². The highest BCUT2D eigenvalue weighted by Gasteiger charge is 2.22. The summed E-state index contributed by atoms with van der Waals surface area (Å²) in [5.74, 6) is 0. The highest BCUT2D eigenvalue weighted by Crippen LogP contribution is 2.20. The van der Waals surface area contributed by atoms with Gasteiger partial charge < -0.3 is 9.47 Å². The van der Waals surface area contributed by atoms with Crippen LogP contribution in [-0.2, 0) is 19.5 Å². The zero-order valence-electron chi connectivity index (χ0n) is 12.5. The first kappa shape index (κ1) is 16.9. The quantitative estimate of drug-likeness (QED) is 0.690. The molecule has 0 fully saturated rings. The second-order valence-electron chi connectivity index (χ2n) is 4.47. The Balaban J connectivity index is 3.01. The number of nitrogens with zero attached hydrogens (tertiary/aromatic N) is 1. The molecule has 1 rings (SSSR count). The summed E-state index contributed by atoms with van der Waals surface area (Å²) in [6.07, 6.45) is 0.616. The molecule has 0 aliphatic heterocycles. The smallest absolute Gasteiger partial charge is 0.232 e. The number of sulfonamides is 1. The standard InChI is InChI=1S/C14H23NO4S/c1-5-18-14(19-6-2)11-15(20(4,16)17)13-9-7-8-12(3)10-13/h7-10,14H,5-6,11H2,1-4H3. The van der Waals surface area contributed by atoms with Gasteiger partial charge in [0, 0.05) is 13.2 Å². The Labute approximate surface area is 121 Å². The van der Waals surface area contributed by atoms with Crippen LogP contribution in [0.25, 0.3) is 0 Å². The van der Waals surface area contributed by atoms with E-state index in [-0.39, 0.29) is 6.54 Å². The van der Waals surface area contributed by atoms with Gasteiger partial charge in [0.15, 0.2) is 6.29 Å². The van der Waals surface area contributed by atoms with Crippen molar-refractivity contribution in [1.29, 1.82) is 0 Å². The molecule has 0 aliphatic rings. The Morgan fingerprint density at radius 1 is 1.20 bits per heavy atom. The van der Waals surface area contributed by atoms with E-state index in [2.05, 4.69) is 0 Å². The van der Waals surface area contributed by atoms with E-state index in [1.54, 1.807) is 6.07 Å². The topological polar surface area (TPSA) is 55.8 Å². The Hall–Kier alpha value is -1.11. The van der Waals surface area contributed by atoms with Crippen LogP contribution in [0.5, 0.6) is 0 Å². The van der Waals surface area contributed by atoms with Crippen LogP contribution in [-0.4, -0.2) is 40.7 Å². The minimum absolute atomic E-state index is 0.143. The summed E-state index contributed by atoms with van der Waals surface area (Å²) in [6.45, 7) is 6.70. The highest BCUT2D eigenvalue weighted by molar-refractivity contribution is 7.92. The Bertz CT molecular complexity index is 510. The van der Waals surface area contributed by atoms with E-state index in [0.29, 0.717) is 18.9 Å². The van der Waals surface area contributed by atoms with Gasteiger partial charge in [-0.05, 0) is 38.5 Å². The lowest BCUT2D eigenvalue weighted by atomic mass is 10.2. The van der Waals surface area contributed by atoms with Gasteiger partial charge in [-0.25, -0.2) is 8.42 Å². The van der Waals surface area contributed by atoms with Gasteiger partial charge in [0.2, 0.25) is 10.0 Å². The van der Waals surface area contributed by atoms with Crippen molar-refractivity contribution in [3.8, 4) is 0 Å². The maximum absolute atomic E-state index is 12.0. The van der Waals surface area contributed by atoms with Crippen LogP contribution in [0.3, 0.4) is 0 Å². The van der Waals surface area contributed by atoms with Crippen LogP contribution in [0.4, 0.5) is 5.69 Å². The summed E-state index contributed by atoms with van der Waals surface area (Å²) < 4.78 is 36.2. The second-order valence-corrected chi connectivity index (χ2v) is 6.38. The van der Waals surface area contributed by atoms with E-state index >= 15 is 0 Å². The molecule has 20 heavy (non-hydrogen) atoms. The minimum atomic E-state index is -3.39. The molecule has 114 valence electrons. The van der Waals surface area contributed by atoms with Gasteiger partial charge >= 0.3 is 0 Å². The molecule has 0 saturated carbocycles. The van der Waals surface area contributed by atoms with Gasteiger partial charge in [0.25, 0.3) is 0 Å². The van der Waals surface area contributed by atoms with Gasteiger partial charge in [0.05, 0.1) is 18.5 Å². The summed E-state index contributed by atoms with van der Waals surface area (Å²) in [5.41, 5.74) is 1.62. The van der Waals surface area contributed by atoms with Gasteiger partial charge in [-0.1, -0.05) is 12.1 Å². The second kappa shape index (κ2) is 7.61. The molecule has 0 aromatic heterocycles. The zero-order valence-corrected chi connectivity index (χ0v) is 13.3. The number of hydrogen-bond acceptors (Lipinski definition) is 4. The molecule has 0 N–H and O–H groups in total. The van der Waals surface area contributed by atoms with E-state index in [0.717, 1.165) is 5.56 Å². The number of anilines is 1. The Morgan fingerprint density at radius 2 is 1.80 bits per heavy atom. The number of ether oxygens (including phenoxy) is 2. The molecule has 0 unspecified atom stereocenters. The molecular formula is C14H23NO4S. The van der Waals surface area contributed by atoms with E-state index < -0.39 is 16.3 Å². The molecule has 0 heterocycles. The predicted molar refractivity (Wildman–Crippen MR) is 80.4 cm³/mol. The summed E-state index contributed by atoms with van der Waals surface area (Å²) in [7, 11) is -3.39. The molecule has 0 radical (unpaired) electrons. The summed E-state index contributed by atoms with van der Waals surface area (Å²) in [5, 5.41) is 0. The molecule has 0 saturated heterocycles. The molecule has 6 heteroatoms. The number of aryl methyl sites for hydroxylation is 1. The van der Waals surface area contributed by atoms with Crippen LogP contribution >= 0.6 is 0 Å². The molecule has 1 aromatic rings. The largest absolute Gasteiger partial charge is 0.351 e. The van der Waals surface area contributed by atoms with Crippen LogP contribution in [0.1, 0.15) is 19.4 Å². The SMILES string of the molecule is CCOC(CN(c1cccc(C)c1)S(C)(=O)=O)OCC. The Kier molecular flexibility index (Phi) is 6.45. The first-order valence-electron chi connectivity index (χ1n) is 6.66. The summed E-state index contributed by atoms with van der Waals surface area (Å²) in [4.78, 5) is 0. The van der Waals surface area contributed by atoms with Gasteiger partial charge in [0.1, 0.15) is 0 Å². The Morgan fingerprint density at radius 3 is 2.25 bits per heavy atom. The van der Waals surface area contributed by atoms with E-state index in [4.69, 9.17) is 9.47 Å². The average molecular weight is 301 g/mol. The van der Waals surface area contributed by atoms with E-state index in [9.17, 15) is 8.42 Å². The maximum atomic E-state index is 12.0. The highest BCUT2D eigenvalue weighted by atomic mass is 32.2. The number of benzene rings is 1. The summed E-state index contributed by atoms with van der Waals surface area (Å²) >= 11 is 0. The van der Waals surface area contributed by atoms with Crippen LogP contribution in [0, 0.1) is 6.92 Å². The van der Waals surface area contributed by atoms with Crippen molar-refractivity contribution in [2.75, 3.05) is 30.3 Å². The van der Waals surface area contributed by atoms with Crippen LogP contribution in [0.2, 0.25) is 0 Å². The fourth-order valence-electron chi connectivity index (χ4n) is 1.88. The van der Waals surface area contributed by atoms with Crippen molar-refractivity contribution in [2.24, 2.45) is 0 Å². The fraction of sp³-hybridized carbons (Fsp3) is 0.571. The normalized spacial score (nSPS) is 11.8.